The van der Waals surface area contributed by atoms with Gasteiger partial charge in [0.15, 0.2) is 0 Å². The molecule has 0 radical (unpaired) electrons. The second-order valence-electron chi connectivity index (χ2n) is 3.22. The van der Waals surface area contributed by atoms with Crippen LogP contribution in [-0.4, -0.2) is 24.8 Å². The third-order valence-electron chi connectivity index (χ3n) is 1.70. The predicted molar refractivity (Wildman–Crippen MR) is 61.5 cm³/mol. The number of ether oxygens (including phenoxy) is 2. The molecule has 0 spiro atoms. The van der Waals surface area contributed by atoms with E-state index in [0.717, 1.165) is 0 Å². The Bertz CT molecular complexity index is 204. The van der Waals surface area contributed by atoms with E-state index >= 15 is 0 Å². The maximum absolute atomic E-state index is 11.1. The van der Waals surface area contributed by atoms with E-state index in [2.05, 4.69) is 9.47 Å². The van der Waals surface area contributed by atoms with Crippen LogP contribution in [0.15, 0.2) is 0 Å². The van der Waals surface area contributed by atoms with Crippen molar-refractivity contribution in [3.05, 3.63) is 0 Å². The minimum atomic E-state index is -0.671. The molecule has 0 aliphatic rings. The highest BCUT2D eigenvalue weighted by Gasteiger charge is 2.18. The molecule has 16 heavy (non-hydrogen) atoms. The molecule has 0 aromatic carbocycles. The van der Waals surface area contributed by atoms with Gasteiger partial charge in [-0.25, -0.2) is 0 Å². The second kappa shape index (κ2) is 10.4. The van der Waals surface area contributed by atoms with Crippen molar-refractivity contribution in [2.45, 2.75) is 47.1 Å². The Hall–Kier alpha value is -1.10. The lowest BCUT2D eigenvalue weighted by Crippen LogP contribution is -2.37. The maximum Gasteiger partial charge on any atom is 0.326 e. The molecule has 1 atom stereocenters. The van der Waals surface area contributed by atoms with Crippen molar-refractivity contribution in [2.75, 3.05) is 6.79 Å². The van der Waals surface area contributed by atoms with Crippen molar-refractivity contribution in [1.82, 2.24) is 0 Å². The summed E-state index contributed by atoms with van der Waals surface area (Å²) in [5.74, 6) is -0.954. The zero-order valence-corrected chi connectivity index (χ0v) is 10.8. The van der Waals surface area contributed by atoms with Crippen LogP contribution < -0.4 is 5.73 Å². The number of esters is 2. The van der Waals surface area contributed by atoms with Crippen LogP contribution in [0.1, 0.15) is 41.0 Å². The average molecular weight is 233 g/mol. The molecule has 0 aromatic rings. The number of nitrogens with two attached hydrogens (primary N) is 1. The van der Waals surface area contributed by atoms with Crippen LogP contribution in [0.5, 0.6) is 0 Å². The largest absolute Gasteiger partial charge is 0.428 e. The van der Waals surface area contributed by atoms with E-state index in [1.807, 2.05) is 27.7 Å². The Morgan fingerprint density at radius 2 is 1.69 bits per heavy atom. The number of hydrogen-bond donors (Lipinski definition) is 1. The first-order valence-corrected chi connectivity index (χ1v) is 5.56. The van der Waals surface area contributed by atoms with Crippen LogP contribution in [-0.2, 0) is 19.1 Å². The van der Waals surface area contributed by atoms with Gasteiger partial charge in [0.05, 0.1) is 0 Å². The molecule has 0 saturated carbocycles. The standard InChI is InChI=1S/C9H17NO4.C2H6/c1-4-7(11)13-5-14-9(12)8(10)6(2)3;1-2/h6,8H,4-5,10H2,1-3H3;1-2H3. The Kier molecular flexibility index (Phi) is 11.3. The summed E-state index contributed by atoms with van der Waals surface area (Å²) in [6, 6.07) is -0.671. The Morgan fingerprint density at radius 3 is 2.06 bits per heavy atom. The molecule has 96 valence electrons. The summed E-state index contributed by atoms with van der Waals surface area (Å²) in [6.45, 7) is 8.92. The number of carbonyl (C=O) groups is 2. The summed E-state index contributed by atoms with van der Waals surface area (Å²) in [5, 5.41) is 0. The molecule has 2 N–H and O–H groups in total. The van der Waals surface area contributed by atoms with Crippen molar-refractivity contribution in [1.29, 1.82) is 0 Å². The van der Waals surface area contributed by atoms with Gasteiger partial charge < -0.3 is 15.2 Å². The summed E-state index contributed by atoms with van der Waals surface area (Å²) in [6.07, 6.45) is 0.258. The molecule has 0 saturated heterocycles. The van der Waals surface area contributed by atoms with Crippen LogP contribution in [0.4, 0.5) is 0 Å². The first-order valence-electron chi connectivity index (χ1n) is 5.56. The highest BCUT2D eigenvalue weighted by molar-refractivity contribution is 5.76. The smallest absolute Gasteiger partial charge is 0.326 e. The van der Waals surface area contributed by atoms with Gasteiger partial charge in [-0.1, -0.05) is 34.6 Å². The molecule has 0 aliphatic carbocycles. The van der Waals surface area contributed by atoms with Gasteiger partial charge in [-0.3, -0.25) is 9.59 Å². The van der Waals surface area contributed by atoms with Crippen molar-refractivity contribution >= 4 is 11.9 Å². The molecule has 5 heteroatoms. The molecular formula is C11H23NO4. The summed E-state index contributed by atoms with van der Waals surface area (Å²) in [5.41, 5.74) is 5.49. The van der Waals surface area contributed by atoms with Gasteiger partial charge in [-0.15, -0.1) is 0 Å². The quantitative estimate of drug-likeness (QED) is 0.574. The Morgan fingerprint density at radius 1 is 1.19 bits per heavy atom. The van der Waals surface area contributed by atoms with Crippen LogP contribution in [0.2, 0.25) is 0 Å². The highest BCUT2D eigenvalue weighted by atomic mass is 16.7. The van der Waals surface area contributed by atoms with E-state index in [4.69, 9.17) is 5.73 Å². The average Bonchev–Trinajstić information content (AvgIpc) is 2.29. The van der Waals surface area contributed by atoms with Gasteiger partial charge in [0.2, 0.25) is 6.79 Å². The summed E-state index contributed by atoms with van der Waals surface area (Å²) in [4.78, 5) is 21.8. The topological polar surface area (TPSA) is 78.6 Å². The fourth-order valence-electron chi connectivity index (χ4n) is 0.624. The van der Waals surface area contributed by atoms with E-state index in [-0.39, 0.29) is 19.1 Å². The van der Waals surface area contributed by atoms with E-state index < -0.39 is 18.0 Å². The normalized spacial score (nSPS) is 11.2. The van der Waals surface area contributed by atoms with Crippen LogP contribution in [0.25, 0.3) is 0 Å². The molecule has 0 bridgehead atoms. The molecule has 0 aliphatic heterocycles. The van der Waals surface area contributed by atoms with Crippen LogP contribution >= 0.6 is 0 Å². The Balaban J connectivity index is 0. The van der Waals surface area contributed by atoms with Gasteiger partial charge in [0.1, 0.15) is 6.04 Å². The number of rotatable bonds is 5. The summed E-state index contributed by atoms with van der Waals surface area (Å²) >= 11 is 0. The highest BCUT2D eigenvalue weighted by Crippen LogP contribution is 2.00. The van der Waals surface area contributed by atoms with Gasteiger partial charge >= 0.3 is 11.9 Å². The molecule has 0 rings (SSSR count). The van der Waals surface area contributed by atoms with E-state index in [1.165, 1.54) is 0 Å². The number of carbonyl (C=O) groups excluding carboxylic acids is 2. The van der Waals surface area contributed by atoms with Gasteiger partial charge in [0, 0.05) is 6.42 Å². The minimum absolute atomic E-state index is 0.00405. The molecule has 0 aromatic heterocycles. The van der Waals surface area contributed by atoms with Crippen molar-refractivity contribution in [3.63, 3.8) is 0 Å². The fraction of sp³-hybridized carbons (Fsp3) is 0.818. The van der Waals surface area contributed by atoms with E-state index in [1.54, 1.807) is 6.92 Å². The summed E-state index contributed by atoms with van der Waals surface area (Å²) < 4.78 is 9.18. The van der Waals surface area contributed by atoms with Crippen LogP contribution in [0, 0.1) is 5.92 Å². The molecule has 1 unspecified atom stereocenters. The minimum Gasteiger partial charge on any atom is -0.428 e. The van der Waals surface area contributed by atoms with Gasteiger partial charge in [-0.05, 0) is 5.92 Å². The molecular weight excluding hydrogens is 210 g/mol. The Labute approximate surface area is 97.3 Å². The zero-order chi connectivity index (χ0) is 13.1. The van der Waals surface area contributed by atoms with Gasteiger partial charge in [-0.2, -0.15) is 0 Å². The summed E-state index contributed by atoms with van der Waals surface area (Å²) in [7, 11) is 0. The third kappa shape index (κ3) is 8.23. The third-order valence-corrected chi connectivity index (χ3v) is 1.70. The zero-order valence-electron chi connectivity index (χ0n) is 10.8. The molecule has 0 fully saturated rings. The van der Waals surface area contributed by atoms with E-state index in [0.29, 0.717) is 0 Å². The van der Waals surface area contributed by atoms with Crippen LogP contribution in [0.3, 0.4) is 0 Å². The first-order chi connectivity index (χ1) is 7.49. The second-order valence-corrected chi connectivity index (χ2v) is 3.22. The van der Waals surface area contributed by atoms with E-state index in [9.17, 15) is 9.59 Å². The molecule has 0 amide bonds. The predicted octanol–water partition coefficient (Wildman–Crippen LogP) is 1.45. The van der Waals surface area contributed by atoms with Crippen molar-refractivity contribution in [3.8, 4) is 0 Å². The van der Waals surface area contributed by atoms with Crippen molar-refractivity contribution in [2.24, 2.45) is 11.7 Å². The monoisotopic (exact) mass is 233 g/mol. The number of hydrogen-bond acceptors (Lipinski definition) is 5. The lowest BCUT2D eigenvalue weighted by Gasteiger charge is -2.13. The fourth-order valence-corrected chi connectivity index (χ4v) is 0.624. The van der Waals surface area contributed by atoms with Crippen molar-refractivity contribution < 1.29 is 19.1 Å². The first kappa shape index (κ1) is 17.3. The van der Waals surface area contributed by atoms with Gasteiger partial charge in [0.25, 0.3) is 0 Å². The molecule has 0 heterocycles. The maximum atomic E-state index is 11.1. The lowest BCUT2D eigenvalue weighted by molar-refractivity contribution is -0.168. The molecule has 5 nitrogen and oxygen atoms in total. The SMILES string of the molecule is CC.CCC(=O)OCOC(=O)C(N)C(C)C. The lowest BCUT2D eigenvalue weighted by atomic mass is 10.1.